The molecule has 0 aliphatic carbocycles. The summed E-state index contributed by atoms with van der Waals surface area (Å²) in [5, 5.41) is 19.0. The van der Waals surface area contributed by atoms with Gasteiger partial charge in [-0.15, -0.1) is 15.0 Å². The molecule has 0 bridgehead atoms. The highest BCUT2D eigenvalue weighted by atomic mass is 19.4. The van der Waals surface area contributed by atoms with Crippen LogP contribution in [0, 0.1) is 0 Å². The minimum absolute atomic E-state index is 0.0569. The summed E-state index contributed by atoms with van der Waals surface area (Å²) < 4.78 is 44.7. The van der Waals surface area contributed by atoms with Crippen molar-refractivity contribution < 1.29 is 27.8 Å². The topological polar surface area (TPSA) is 77.2 Å². The van der Waals surface area contributed by atoms with Gasteiger partial charge in [-0.25, -0.2) is 0 Å². The van der Waals surface area contributed by atoms with Crippen molar-refractivity contribution in [2.75, 3.05) is 7.11 Å². The molecule has 160 valence electrons. The predicted octanol–water partition coefficient (Wildman–Crippen LogP) is 4.55. The molecule has 0 saturated heterocycles. The number of carbonyl (C=O) groups excluding carboxylic acids is 1. The first kappa shape index (κ1) is 21.6. The maximum absolute atomic E-state index is 13.3. The molecule has 3 aromatic rings. The van der Waals surface area contributed by atoms with Gasteiger partial charge in [0.2, 0.25) is 0 Å². The van der Waals surface area contributed by atoms with Crippen molar-refractivity contribution in [3.63, 3.8) is 0 Å². The van der Waals surface area contributed by atoms with Crippen molar-refractivity contribution in [3.8, 4) is 11.4 Å². The van der Waals surface area contributed by atoms with E-state index in [1.165, 1.54) is 19.2 Å². The van der Waals surface area contributed by atoms with Gasteiger partial charge in [-0.3, -0.25) is 4.79 Å². The van der Waals surface area contributed by atoms with E-state index in [2.05, 4.69) is 14.9 Å². The number of esters is 1. The van der Waals surface area contributed by atoms with Crippen LogP contribution in [0.25, 0.3) is 16.7 Å². The van der Waals surface area contributed by atoms with Crippen LogP contribution < -0.4 is 0 Å². The van der Waals surface area contributed by atoms with Crippen LogP contribution in [0.3, 0.4) is 0 Å². The molecule has 9 heteroatoms. The Morgan fingerprint density at radius 3 is 2.43 bits per heavy atom. The number of alkyl halides is 3. The van der Waals surface area contributed by atoms with Gasteiger partial charge in [0.15, 0.2) is 0 Å². The lowest BCUT2D eigenvalue weighted by Gasteiger charge is -2.23. The van der Waals surface area contributed by atoms with Gasteiger partial charge in [0.1, 0.15) is 22.5 Å². The van der Waals surface area contributed by atoms with Crippen molar-refractivity contribution in [2.24, 2.45) is 0 Å². The number of hydrogen-bond acceptors (Lipinski definition) is 5. The highest BCUT2D eigenvalue weighted by Crippen LogP contribution is 2.38. The lowest BCUT2D eigenvalue weighted by Crippen LogP contribution is -2.14. The number of hydrogen-bond donors (Lipinski definition) is 1. The molecule has 0 radical (unpaired) electrons. The first-order valence-electron chi connectivity index (χ1n) is 9.28. The number of aryl methyl sites for hydroxylation is 1. The Kier molecular flexibility index (Phi) is 5.49. The lowest BCUT2D eigenvalue weighted by atomic mass is 9.84. The number of ether oxygens (including phenoxy) is 1. The second-order valence-corrected chi connectivity index (χ2v) is 8.00. The minimum atomic E-state index is -4.58. The zero-order valence-electron chi connectivity index (χ0n) is 17.0. The highest BCUT2D eigenvalue weighted by Gasteiger charge is 2.34. The minimum Gasteiger partial charge on any atom is -0.505 e. The molecule has 30 heavy (non-hydrogen) atoms. The molecule has 3 rings (SSSR count). The van der Waals surface area contributed by atoms with Crippen LogP contribution in [-0.2, 0) is 27.5 Å². The quantitative estimate of drug-likeness (QED) is 0.626. The van der Waals surface area contributed by atoms with Crippen molar-refractivity contribution in [1.82, 2.24) is 15.0 Å². The number of nitrogens with zero attached hydrogens (tertiary/aromatic N) is 3. The van der Waals surface area contributed by atoms with Gasteiger partial charge in [0.25, 0.3) is 0 Å². The summed E-state index contributed by atoms with van der Waals surface area (Å²) in [7, 11) is 1.29. The van der Waals surface area contributed by atoms with E-state index in [-0.39, 0.29) is 34.9 Å². The fraction of sp³-hybridized carbons (Fsp3) is 0.381. The van der Waals surface area contributed by atoms with Crippen molar-refractivity contribution in [2.45, 2.75) is 45.2 Å². The zero-order chi connectivity index (χ0) is 22.3. The molecule has 6 nitrogen and oxygen atoms in total. The molecule has 2 aromatic carbocycles. The molecule has 0 amide bonds. The molecule has 0 atom stereocenters. The monoisotopic (exact) mass is 421 g/mol. The number of phenols is 1. The van der Waals surface area contributed by atoms with Crippen LogP contribution in [0.5, 0.6) is 5.75 Å². The van der Waals surface area contributed by atoms with Gasteiger partial charge >= 0.3 is 12.1 Å². The maximum Gasteiger partial charge on any atom is 0.418 e. The number of benzene rings is 2. The maximum atomic E-state index is 13.3. The number of halogens is 3. The van der Waals surface area contributed by atoms with E-state index in [1.54, 1.807) is 12.1 Å². The molecular formula is C21H22F3N3O3. The van der Waals surface area contributed by atoms with E-state index < -0.39 is 17.2 Å². The molecule has 0 aliphatic rings. The number of aromatic hydroxyl groups is 1. The third kappa shape index (κ3) is 4.24. The molecule has 0 saturated carbocycles. The van der Waals surface area contributed by atoms with Gasteiger partial charge in [-0.2, -0.15) is 13.2 Å². The Labute approximate surface area is 171 Å². The first-order chi connectivity index (χ1) is 13.9. The average Bonchev–Trinajstić information content (AvgIpc) is 3.08. The van der Waals surface area contributed by atoms with Gasteiger partial charge in [0, 0.05) is 12.0 Å². The largest absolute Gasteiger partial charge is 0.505 e. The van der Waals surface area contributed by atoms with Crippen molar-refractivity contribution >= 4 is 17.0 Å². The van der Waals surface area contributed by atoms with Crippen LogP contribution in [0.1, 0.15) is 43.9 Å². The second kappa shape index (κ2) is 7.62. The summed E-state index contributed by atoms with van der Waals surface area (Å²) in [4.78, 5) is 12.5. The summed E-state index contributed by atoms with van der Waals surface area (Å²) in [5.74, 6) is -0.516. The third-order valence-electron chi connectivity index (χ3n) is 4.74. The Hall–Kier alpha value is -3.10. The van der Waals surface area contributed by atoms with Gasteiger partial charge in [0.05, 0.1) is 12.7 Å². The van der Waals surface area contributed by atoms with E-state index in [9.17, 15) is 23.1 Å². The Morgan fingerprint density at radius 1 is 1.13 bits per heavy atom. The normalized spacial score (nSPS) is 12.4. The molecule has 1 heterocycles. The fourth-order valence-corrected chi connectivity index (χ4v) is 3.17. The lowest BCUT2D eigenvalue weighted by molar-refractivity contribution is -0.140. The van der Waals surface area contributed by atoms with Crippen LogP contribution in [-0.4, -0.2) is 33.2 Å². The smallest absolute Gasteiger partial charge is 0.418 e. The van der Waals surface area contributed by atoms with E-state index in [1.807, 2.05) is 20.8 Å². The third-order valence-corrected chi connectivity index (χ3v) is 4.74. The van der Waals surface area contributed by atoms with Crippen molar-refractivity contribution in [1.29, 1.82) is 0 Å². The zero-order valence-corrected chi connectivity index (χ0v) is 17.0. The van der Waals surface area contributed by atoms with Gasteiger partial charge in [-0.05, 0) is 35.6 Å². The summed E-state index contributed by atoms with van der Waals surface area (Å²) in [6.07, 6.45) is -4.13. The van der Waals surface area contributed by atoms with Gasteiger partial charge < -0.3 is 9.84 Å². The van der Waals surface area contributed by atoms with Crippen LogP contribution >= 0.6 is 0 Å². The molecule has 1 N–H and O–H groups in total. The number of aromatic nitrogens is 3. The Morgan fingerprint density at radius 2 is 1.83 bits per heavy atom. The van der Waals surface area contributed by atoms with E-state index >= 15 is 0 Å². The molecule has 0 spiro atoms. The summed E-state index contributed by atoms with van der Waals surface area (Å²) in [5.41, 5.74) is -0.199. The van der Waals surface area contributed by atoms with Crippen LogP contribution in [0.2, 0.25) is 0 Å². The first-order valence-corrected chi connectivity index (χ1v) is 9.28. The highest BCUT2D eigenvalue weighted by molar-refractivity contribution is 5.78. The number of fused-ring (bicyclic) bond motifs is 1. The Balaban J connectivity index is 2.18. The Bertz CT molecular complexity index is 1100. The average molecular weight is 421 g/mol. The molecule has 1 aromatic heterocycles. The summed E-state index contributed by atoms with van der Waals surface area (Å²) >= 11 is 0. The summed E-state index contributed by atoms with van der Waals surface area (Å²) in [6.45, 7) is 5.68. The number of carbonyl (C=O) groups is 1. The number of phenolic OH excluding ortho intramolecular Hbond substituents is 1. The van der Waals surface area contributed by atoms with Crippen LogP contribution in [0.15, 0.2) is 30.3 Å². The SMILES string of the molecule is COC(=O)CCc1cc(-n2nc3cccc(C(F)(F)F)c3n2)c(O)c(C(C)(C)C)c1. The number of methoxy groups -OCH3 is 1. The molecule has 0 fully saturated rings. The van der Waals surface area contributed by atoms with Crippen molar-refractivity contribution in [3.05, 3.63) is 47.0 Å². The summed E-state index contributed by atoms with van der Waals surface area (Å²) in [6, 6.07) is 6.97. The number of rotatable bonds is 4. The fourth-order valence-electron chi connectivity index (χ4n) is 3.17. The molecule has 0 unspecified atom stereocenters. The van der Waals surface area contributed by atoms with Gasteiger partial charge in [-0.1, -0.05) is 32.9 Å². The van der Waals surface area contributed by atoms with E-state index in [4.69, 9.17) is 0 Å². The standard InChI is InChI=1S/C21H22F3N3O3/c1-20(2,3)14-10-12(8-9-17(28)30-4)11-16(19(14)29)27-25-15-7-5-6-13(18(15)26-27)21(22,23)24/h5-7,10-11,29H,8-9H2,1-4H3. The molecule has 0 aliphatic heterocycles. The van der Waals surface area contributed by atoms with Crippen LogP contribution in [0.4, 0.5) is 13.2 Å². The van der Waals surface area contributed by atoms with E-state index in [0.29, 0.717) is 17.5 Å². The second-order valence-electron chi connectivity index (χ2n) is 8.00. The van der Waals surface area contributed by atoms with E-state index in [0.717, 1.165) is 10.9 Å². The predicted molar refractivity (Wildman–Crippen MR) is 105 cm³/mol. The molecular weight excluding hydrogens is 399 g/mol.